The van der Waals surface area contributed by atoms with E-state index in [1.54, 1.807) is 0 Å². The molecule has 188 valence electrons. The molecule has 3 aromatic rings. The van der Waals surface area contributed by atoms with Gasteiger partial charge in [-0.2, -0.15) is 0 Å². The minimum absolute atomic E-state index is 0.0213. The number of nitrogens with one attached hydrogen (secondary N) is 1. The lowest BCUT2D eigenvalue weighted by Crippen LogP contribution is -2.70. The third-order valence-electron chi connectivity index (χ3n) is 6.20. The van der Waals surface area contributed by atoms with E-state index in [1.807, 2.05) is 78.9 Å². The molecule has 0 aromatic heterocycles. The number of aliphatic hydroxyl groups excluding tert-OH is 1. The summed E-state index contributed by atoms with van der Waals surface area (Å²) >= 11 is 2.78. The highest BCUT2D eigenvalue weighted by atomic mass is 32.2. The lowest BCUT2D eigenvalue weighted by atomic mass is 10.0. The number of fused-ring (bicyclic) bond motifs is 1. The first kappa shape index (κ1) is 25.1. The largest absolute Gasteiger partial charge is 0.477 e. The van der Waals surface area contributed by atoms with Crippen LogP contribution in [-0.2, 0) is 27.4 Å². The van der Waals surface area contributed by atoms with Crippen molar-refractivity contribution in [3.05, 3.63) is 101 Å². The average molecular weight is 533 g/mol. The minimum Gasteiger partial charge on any atom is -0.477 e. The maximum absolute atomic E-state index is 12.9. The van der Waals surface area contributed by atoms with Gasteiger partial charge < -0.3 is 15.5 Å². The molecule has 9 heteroatoms. The molecule has 0 spiro atoms. The van der Waals surface area contributed by atoms with Crippen LogP contribution in [-0.4, -0.2) is 50.1 Å². The lowest BCUT2D eigenvalue weighted by Gasteiger charge is -2.49. The fourth-order valence-corrected chi connectivity index (χ4v) is 6.85. The van der Waals surface area contributed by atoms with Crippen LogP contribution >= 0.6 is 23.5 Å². The van der Waals surface area contributed by atoms with E-state index in [0.29, 0.717) is 10.7 Å². The van der Waals surface area contributed by atoms with E-state index in [0.717, 1.165) is 27.1 Å². The Labute approximate surface area is 222 Å². The van der Waals surface area contributed by atoms with Gasteiger partial charge in [0.15, 0.2) is 0 Å². The minimum atomic E-state index is -1.16. The second-order valence-corrected chi connectivity index (χ2v) is 11.0. The number of benzene rings is 3. The maximum atomic E-state index is 12.9. The SMILES string of the molecule is O=C(Cc1ccccc1)N[C@@H]1C(=O)N2C(C(=O)O)=C(Sc3ccc(-c4cccc(CO)c4)cc3)CS[C@@H]12. The zero-order valence-electron chi connectivity index (χ0n) is 19.7. The molecule has 1 saturated heterocycles. The van der Waals surface area contributed by atoms with Gasteiger partial charge in [-0.3, -0.25) is 14.5 Å². The van der Waals surface area contributed by atoms with Crippen LogP contribution in [0.1, 0.15) is 11.1 Å². The van der Waals surface area contributed by atoms with E-state index >= 15 is 0 Å². The van der Waals surface area contributed by atoms with E-state index in [2.05, 4.69) is 5.32 Å². The molecule has 0 bridgehead atoms. The maximum Gasteiger partial charge on any atom is 0.353 e. The number of hydrogen-bond donors (Lipinski definition) is 3. The molecule has 37 heavy (non-hydrogen) atoms. The fraction of sp³-hybridized carbons (Fsp3) is 0.179. The van der Waals surface area contributed by atoms with Crippen LogP contribution in [0.2, 0.25) is 0 Å². The Kier molecular flexibility index (Phi) is 7.36. The molecule has 5 rings (SSSR count). The first-order chi connectivity index (χ1) is 17.9. The van der Waals surface area contributed by atoms with Crippen LogP contribution in [0.4, 0.5) is 0 Å². The van der Waals surface area contributed by atoms with Crippen LogP contribution in [0.5, 0.6) is 0 Å². The number of carboxylic acids is 1. The number of carbonyl (C=O) groups is 3. The molecule has 1 fully saturated rings. The third-order valence-corrected chi connectivity index (χ3v) is 8.75. The molecular weight excluding hydrogens is 508 g/mol. The van der Waals surface area contributed by atoms with Crippen molar-refractivity contribution >= 4 is 41.3 Å². The van der Waals surface area contributed by atoms with Crippen molar-refractivity contribution in [2.75, 3.05) is 5.75 Å². The first-order valence-electron chi connectivity index (χ1n) is 11.7. The Hall–Kier alpha value is -3.53. The topological polar surface area (TPSA) is 107 Å². The highest BCUT2D eigenvalue weighted by Gasteiger charge is 2.54. The molecule has 2 amide bonds. The molecule has 0 radical (unpaired) electrons. The van der Waals surface area contributed by atoms with Gasteiger partial charge in [-0.1, -0.05) is 72.4 Å². The smallest absolute Gasteiger partial charge is 0.353 e. The van der Waals surface area contributed by atoms with Gasteiger partial charge in [0.1, 0.15) is 17.1 Å². The van der Waals surface area contributed by atoms with Crippen LogP contribution < -0.4 is 5.32 Å². The number of aliphatic carboxylic acids is 1. The predicted octanol–water partition coefficient (Wildman–Crippen LogP) is 3.88. The molecule has 0 unspecified atom stereocenters. The molecule has 2 aliphatic rings. The van der Waals surface area contributed by atoms with Crippen LogP contribution in [0.15, 0.2) is 94.4 Å². The van der Waals surface area contributed by atoms with Crippen molar-refractivity contribution in [1.29, 1.82) is 0 Å². The number of β-lactam (4-membered cyclic amide) rings is 1. The summed E-state index contributed by atoms with van der Waals surface area (Å²) in [4.78, 5) is 40.3. The predicted molar refractivity (Wildman–Crippen MR) is 143 cm³/mol. The number of hydrogen-bond acceptors (Lipinski definition) is 6. The van der Waals surface area contributed by atoms with E-state index in [9.17, 15) is 24.6 Å². The standard InChI is InChI=1S/C28H24N2O5S2/c31-15-18-7-4-8-20(13-18)19-9-11-21(12-10-19)37-22-16-36-27-24(26(33)30(27)25(22)28(34)35)29-23(32)14-17-5-2-1-3-6-17/h1-13,24,27,31H,14-16H2,(H,29,32)(H,34,35)/t24-,27+/m1/s1. The summed E-state index contributed by atoms with van der Waals surface area (Å²) in [6.07, 6.45) is 0.158. The van der Waals surface area contributed by atoms with Crippen LogP contribution in [0.25, 0.3) is 11.1 Å². The van der Waals surface area contributed by atoms with Crippen molar-refractivity contribution < 1.29 is 24.6 Å². The zero-order valence-corrected chi connectivity index (χ0v) is 21.3. The summed E-state index contributed by atoms with van der Waals surface area (Å²) in [7, 11) is 0. The number of aliphatic hydroxyl groups is 1. The van der Waals surface area contributed by atoms with Crippen molar-refractivity contribution in [1.82, 2.24) is 10.2 Å². The van der Waals surface area contributed by atoms with E-state index in [4.69, 9.17) is 0 Å². The van der Waals surface area contributed by atoms with Gasteiger partial charge in [0, 0.05) is 15.6 Å². The van der Waals surface area contributed by atoms with Gasteiger partial charge in [-0.25, -0.2) is 4.79 Å². The Balaban J connectivity index is 1.29. The summed E-state index contributed by atoms with van der Waals surface area (Å²) in [6, 6.07) is 23.9. The van der Waals surface area contributed by atoms with Crippen LogP contribution in [0.3, 0.4) is 0 Å². The second-order valence-electron chi connectivity index (χ2n) is 8.68. The highest BCUT2D eigenvalue weighted by molar-refractivity contribution is 8.06. The van der Waals surface area contributed by atoms with Gasteiger partial charge >= 0.3 is 5.97 Å². The third kappa shape index (κ3) is 5.29. The van der Waals surface area contributed by atoms with E-state index in [-0.39, 0.29) is 24.6 Å². The summed E-state index contributed by atoms with van der Waals surface area (Å²) in [5.74, 6) is -1.41. The quantitative estimate of drug-likeness (QED) is 0.378. The Morgan fingerprint density at radius 2 is 1.70 bits per heavy atom. The number of nitrogens with zero attached hydrogens (tertiary/aromatic N) is 1. The normalized spacial score (nSPS) is 18.7. The van der Waals surface area contributed by atoms with Gasteiger partial charge in [-0.15, -0.1) is 11.8 Å². The van der Waals surface area contributed by atoms with Crippen molar-refractivity contribution in [2.24, 2.45) is 0 Å². The number of rotatable bonds is 8. The molecule has 2 heterocycles. The van der Waals surface area contributed by atoms with Crippen LogP contribution in [0, 0.1) is 0 Å². The van der Waals surface area contributed by atoms with Crippen molar-refractivity contribution in [3.63, 3.8) is 0 Å². The summed E-state index contributed by atoms with van der Waals surface area (Å²) < 4.78 is 0. The number of amides is 2. The first-order valence-corrected chi connectivity index (χ1v) is 13.5. The number of thioether (sulfide) groups is 2. The van der Waals surface area contributed by atoms with E-state index in [1.165, 1.54) is 28.4 Å². The molecular formula is C28H24N2O5S2. The van der Waals surface area contributed by atoms with Crippen molar-refractivity contribution in [3.8, 4) is 11.1 Å². The molecule has 2 atom stereocenters. The fourth-order valence-electron chi connectivity index (χ4n) is 4.38. The molecule has 3 aromatic carbocycles. The zero-order chi connectivity index (χ0) is 25.9. The monoisotopic (exact) mass is 532 g/mol. The molecule has 0 aliphatic carbocycles. The Morgan fingerprint density at radius 3 is 2.41 bits per heavy atom. The summed E-state index contributed by atoms with van der Waals surface area (Å²) in [6.45, 7) is -0.0284. The number of carboxylic acid groups (broad SMARTS) is 1. The van der Waals surface area contributed by atoms with Gasteiger partial charge in [0.05, 0.1) is 13.0 Å². The molecule has 3 N–H and O–H groups in total. The molecule has 2 aliphatic heterocycles. The Morgan fingerprint density at radius 1 is 0.973 bits per heavy atom. The number of carbonyl (C=O) groups excluding carboxylic acids is 2. The highest BCUT2D eigenvalue weighted by Crippen LogP contribution is 2.45. The van der Waals surface area contributed by atoms with E-state index < -0.39 is 23.3 Å². The van der Waals surface area contributed by atoms with Gasteiger partial charge in [-0.05, 0) is 40.5 Å². The second kappa shape index (κ2) is 10.8. The van der Waals surface area contributed by atoms with Gasteiger partial charge in [0.2, 0.25) is 5.91 Å². The summed E-state index contributed by atoms with van der Waals surface area (Å²) in [5, 5.41) is 21.7. The Bertz CT molecular complexity index is 1370. The van der Waals surface area contributed by atoms with Crippen molar-refractivity contribution in [2.45, 2.75) is 29.3 Å². The van der Waals surface area contributed by atoms with Gasteiger partial charge in [0.25, 0.3) is 5.91 Å². The average Bonchev–Trinajstić information content (AvgIpc) is 2.92. The molecule has 7 nitrogen and oxygen atoms in total. The molecule has 0 saturated carbocycles. The summed E-state index contributed by atoms with van der Waals surface area (Å²) in [5.41, 5.74) is 3.62. The lowest BCUT2D eigenvalue weighted by molar-refractivity contribution is -0.150.